The fourth-order valence-electron chi connectivity index (χ4n) is 4.08. The SMILES string of the molecule is CCOC(=O)c1ccccc1Nc1ncnc(N2CCN(c3cccc(C)c3C)CC2)c1N. The van der Waals surface area contributed by atoms with Crippen LogP contribution in [0.3, 0.4) is 0 Å². The smallest absolute Gasteiger partial charge is 0.340 e. The first kappa shape index (κ1) is 22.4. The molecule has 0 bridgehead atoms. The van der Waals surface area contributed by atoms with Gasteiger partial charge in [-0.25, -0.2) is 14.8 Å². The summed E-state index contributed by atoms with van der Waals surface area (Å²) >= 11 is 0. The van der Waals surface area contributed by atoms with Gasteiger partial charge >= 0.3 is 5.97 Å². The summed E-state index contributed by atoms with van der Waals surface area (Å²) in [6.07, 6.45) is 1.50. The number of aromatic nitrogens is 2. The molecule has 8 nitrogen and oxygen atoms in total. The van der Waals surface area contributed by atoms with Crippen molar-refractivity contribution in [2.75, 3.05) is 53.6 Å². The number of aryl methyl sites for hydroxylation is 1. The predicted molar refractivity (Wildman–Crippen MR) is 132 cm³/mol. The van der Waals surface area contributed by atoms with Crippen LogP contribution in [0.4, 0.5) is 28.7 Å². The molecule has 33 heavy (non-hydrogen) atoms. The molecule has 3 aromatic rings. The Morgan fingerprint density at radius 3 is 2.52 bits per heavy atom. The van der Waals surface area contributed by atoms with Gasteiger partial charge in [-0.05, 0) is 50.1 Å². The summed E-state index contributed by atoms with van der Waals surface area (Å²) in [5, 5.41) is 3.19. The molecular weight excluding hydrogens is 416 g/mol. The Kier molecular flexibility index (Phi) is 6.63. The van der Waals surface area contributed by atoms with Crippen LogP contribution in [-0.4, -0.2) is 48.7 Å². The van der Waals surface area contributed by atoms with Gasteiger partial charge in [0, 0.05) is 31.9 Å². The van der Waals surface area contributed by atoms with Crippen LogP contribution in [0, 0.1) is 13.8 Å². The minimum Gasteiger partial charge on any atom is -0.462 e. The van der Waals surface area contributed by atoms with Crippen molar-refractivity contribution in [2.45, 2.75) is 20.8 Å². The quantitative estimate of drug-likeness (QED) is 0.550. The highest BCUT2D eigenvalue weighted by atomic mass is 16.5. The van der Waals surface area contributed by atoms with E-state index < -0.39 is 5.97 Å². The summed E-state index contributed by atoms with van der Waals surface area (Å²) in [5.74, 6) is 0.770. The number of carbonyl (C=O) groups excluding carboxylic acids is 1. The molecule has 0 unspecified atom stereocenters. The molecule has 0 atom stereocenters. The van der Waals surface area contributed by atoms with Crippen molar-refractivity contribution in [2.24, 2.45) is 0 Å². The van der Waals surface area contributed by atoms with Crippen LogP contribution in [0.1, 0.15) is 28.4 Å². The number of ether oxygens (including phenoxy) is 1. The number of hydrogen-bond acceptors (Lipinski definition) is 8. The van der Waals surface area contributed by atoms with Crippen LogP contribution in [0.25, 0.3) is 0 Å². The maximum absolute atomic E-state index is 12.3. The number of para-hydroxylation sites is 1. The monoisotopic (exact) mass is 446 g/mol. The van der Waals surface area contributed by atoms with Gasteiger partial charge in [0.05, 0.1) is 17.9 Å². The zero-order valence-electron chi connectivity index (χ0n) is 19.3. The van der Waals surface area contributed by atoms with E-state index in [9.17, 15) is 4.79 Å². The fraction of sp³-hybridized carbons (Fsp3) is 0.320. The second kappa shape index (κ2) is 9.77. The fourth-order valence-corrected chi connectivity index (χ4v) is 4.08. The van der Waals surface area contributed by atoms with Gasteiger partial charge in [0.1, 0.15) is 12.0 Å². The van der Waals surface area contributed by atoms with Crippen molar-refractivity contribution in [3.63, 3.8) is 0 Å². The minimum atomic E-state index is -0.393. The van der Waals surface area contributed by atoms with E-state index in [2.05, 4.69) is 57.1 Å². The first-order chi connectivity index (χ1) is 16.0. The number of rotatable bonds is 6. The van der Waals surface area contributed by atoms with E-state index in [4.69, 9.17) is 10.5 Å². The summed E-state index contributed by atoms with van der Waals surface area (Å²) in [5.41, 5.74) is 11.9. The van der Waals surface area contributed by atoms with Gasteiger partial charge in [0.15, 0.2) is 11.6 Å². The van der Waals surface area contributed by atoms with Crippen molar-refractivity contribution in [3.05, 3.63) is 65.5 Å². The van der Waals surface area contributed by atoms with E-state index in [-0.39, 0.29) is 0 Å². The molecule has 2 aromatic carbocycles. The second-order valence-electron chi connectivity index (χ2n) is 8.04. The average molecular weight is 447 g/mol. The van der Waals surface area contributed by atoms with Crippen LogP contribution in [0.15, 0.2) is 48.8 Å². The van der Waals surface area contributed by atoms with Gasteiger partial charge in [-0.3, -0.25) is 0 Å². The first-order valence-corrected chi connectivity index (χ1v) is 11.2. The number of benzene rings is 2. The van der Waals surface area contributed by atoms with E-state index in [1.807, 2.05) is 6.07 Å². The molecule has 2 heterocycles. The molecule has 1 aliphatic heterocycles. The molecule has 0 radical (unpaired) electrons. The molecule has 0 spiro atoms. The Morgan fingerprint density at radius 1 is 1.03 bits per heavy atom. The van der Waals surface area contributed by atoms with Crippen molar-refractivity contribution in [1.82, 2.24) is 9.97 Å². The Labute approximate surface area is 194 Å². The van der Waals surface area contributed by atoms with Crippen molar-refractivity contribution in [1.29, 1.82) is 0 Å². The Bertz CT molecular complexity index is 1140. The lowest BCUT2D eigenvalue weighted by Crippen LogP contribution is -2.47. The standard InChI is InChI=1S/C25H30N6O2/c1-4-33-25(32)19-9-5-6-10-20(19)29-23-22(26)24(28-16-27-23)31-14-12-30(13-15-31)21-11-7-8-17(2)18(21)3/h5-11,16H,4,12-15,26H2,1-3H3,(H,27,28,29). The van der Waals surface area contributed by atoms with E-state index in [1.165, 1.54) is 23.1 Å². The normalized spacial score (nSPS) is 13.7. The van der Waals surface area contributed by atoms with E-state index in [0.717, 1.165) is 26.2 Å². The minimum absolute atomic E-state index is 0.307. The second-order valence-corrected chi connectivity index (χ2v) is 8.04. The van der Waals surface area contributed by atoms with Crippen LogP contribution >= 0.6 is 0 Å². The largest absolute Gasteiger partial charge is 0.462 e. The number of nitrogens with one attached hydrogen (secondary N) is 1. The maximum atomic E-state index is 12.3. The third-order valence-electron chi connectivity index (χ3n) is 6.03. The topological polar surface area (TPSA) is 96.6 Å². The summed E-state index contributed by atoms with van der Waals surface area (Å²) in [6.45, 7) is 9.76. The number of piperazine rings is 1. The molecule has 8 heteroatoms. The predicted octanol–water partition coefficient (Wildman–Crippen LogP) is 3.92. The van der Waals surface area contributed by atoms with Gasteiger partial charge in [0.25, 0.3) is 0 Å². The lowest BCUT2D eigenvalue weighted by atomic mass is 10.1. The van der Waals surface area contributed by atoms with Gasteiger partial charge in [-0.15, -0.1) is 0 Å². The summed E-state index contributed by atoms with van der Waals surface area (Å²) in [4.78, 5) is 25.7. The Balaban J connectivity index is 1.51. The first-order valence-electron chi connectivity index (χ1n) is 11.2. The average Bonchev–Trinajstić information content (AvgIpc) is 2.83. The summed E-state index contributed by atoms with van der Waals surface area (Å²) in [7, 11) is 0. The van der Waals surface area contributed by atoms with Gasteiger partial charge in [0.2, 0.25) is 0 Å². The zero-order chi connectivity index (χ0) is 23.4. The zero-order valence-corrected chi connectivity index (χ0v) is 19.3. The number of nitrogen functional groups attached to an aromatic ring is 1. The molecule has 172 valence electrons. The molecule has 1 aliphatic rings. The molecule has 0 amide bonds. The molecule has 1 fully saturated rings. The Hall–Kier alpha value is -3.81. The molecule has 1 aromatic heterocycles. The number of esters is 1. The van der Waals surface area contributed by atoms with Crippen molar-refractivity contribution >= 4 is 34.7 Å². The number of anilines is 5. The van der Waals surface area contributed by atoms with Crippen molar-refractivity contribution < 1.29 is 9.53 Å². The van der Waals surface area contributed by atoms with E-state index >= 15 is 0 Å². The summed E-state index contributed by atoms with van der Waals surface area (Å²) in [6, 6.07) is 13.6. The number of nitrogens with zero attached hydrogens (tertiary/aromatic N) is 4. The van der Waals surface area contributed by atoms with Crippen LogP contribution in [-0.2, 0) is 4.74 Å². The third-order valence-corrected chi connectivity index (χ3v) is 6.03. The van der Waals surface area contributed by atoms with Crippen LogP contribution in [0.2, 0.25) is 0 Å². The lowest BCUT2D eigenvalue weighted by molar-refractivity contribution is 0.0527. The van der Waals surface area contributed by atoms with Gasteiger partial charge in [-0.2, -0.15) is 0 Å². The highest BCUT2D eigenvalue weighted by Gasteiger charge is 2.23. The van der Waals surface area contributed by atoms with E-state index in [1.54, 1.807) is 25.1 Å². The molecule has 0 aliphatic carbocycles. The molecule has 3 N–H and O–H groups in total. The van der Waals surface area contributed by atoms with Gasteiger partial charge < -0.3 is 25.6 Å². The van der Waals surface area contributed by atoms with E-state index in [0.29, 0.717) is 35.2 Å². The summed E-state index contributed by atoms with van der Waals surface area (Å²) < 4.78 is 5.16. The van der Waals surface area contributed by atoms with Crippen molar-refractivity contribution in [3.8, 4) is 0 Å². The van der Waals surface area contributed by atoms with Crippen LogP contribution < -0.4 is 20.9 Å². The maximum Gasteiger partial charge on any atom is 0.340 e. The third kappa shape index (κ3) is 4.69. The number of hydrogen-bond donors (Lipinski definition) is 2. The highest BCUT2D eigenvalue weighted by Crippen LogP contribution is 2.31. The highest BCUT2D eigenvalue weighted by molar-refractivity contribution is 5.97. The lowest BCUT2D eigenvalue weighted by Gasteiger charge is -2.38. The van der Waals surface area contributed by atoms with Gasteiger partial charge in [-0.1, -0.05) is 24.3 Å². The molecule has 4 rings (SSSR count). The molecule has 1 saturated heterocycles. The Morgan fingerprint density at radius 2 is 1.76 bits per heavy atom. The van der Waals surface area contributed by atoms with Crippen LogP contribution in [0.5, 0.6) is 0 Å². The molecule has 0 saturated carbocycles. The number of carbonyl (C=O) groups is 1. The number of nitrogens with two attached hydrogens (primary N) is 1. The molecular formula is C25H30N6O2.